The minimum absolute atomic E-state index is 0.0486. The summed E-state index contributed by atoms with van der Waals surface area (Å²) in [5.41, 5.74) is -0.267. The van der Waals surface area contributed by atoms with Crippen molar-refractivity contribution in [3.8, 4) is 0 Å². The number of hydrogen-bond donors (Lipinski definition) is 2. The Morgan fingerprint density at radius 1 is 1.56 bits per heavy atom. The van der Waals surface area contributed by atoms with Gasteiger partial charge in [-0.3, -0.25) is 4.79 Å². The van der Waals surface area contributed by atoms with E-state index in [0.717, 1.165) is 12.8 Å². The van der Waals surface area contributed by atoms with Gasteiger partial charge in [0, 0.05) is 0 Å². The van der Waals surface area contributed by atoms with Crippen molar-refractivity contribution < 1.29 is 4.79 Å². The maximum atomic E-state index is 10.9. The first-order chi connectivity index (χ1) is 4.23. The molecule has 1 spiro atoms. The lowest BCUT2D eigenvalue weighted by atomic mass is 10.3. The summed E-state index contributed by atoms with van der Waals surface area (Å²) in [4.78, 5) is 10.9. The second-order valence-electron chi connectivity index (χ2n) is 2.49. The van der Waals surface area contributed by atoms with Gasteiger partial charge in [-0.15, -0.1) is 0 Å². The van der Waals surface area contributed by atoms with Gasteiger partial charge in [0.25, 0.3) is 5.91 Å². The molecule has 1 heterocycles. The van der Waals surface area contributed by atoms with Crippen LogP contribution in [0.1, 0.15) is 12.8 Å². The van der Waals surface area contributed by atoms with Crippen LogP contribution in [0.2, 0.25) is 0 Å². The molecular weight excluding hydrogens is 136 g/mol. The summed E-state index contributed by atoms with van der Waals surface area (Å²) in [5, 5.41) is 5.96. The Morgan fingerprint density at radius 3 is 2.44 bits per heavy atom. The van der Waals surface area contributed by atoms with Gasteiger partial charge < -0.3 is 10.6 Å². The molecule has 3 nitrogen and oxygen atoms in total. The normalized spacial score (nSPS) is 28.0. The molecule has 48 valence electrons. The largest absolute Gasteiger partial charge is 0.348 e. The maximum absolute atomic E-state index is 10.9. The summed E-state index contributed by atoms with van der Waals surface area (Å²) < 4.78 is 0. The van der Waals surface area contributed by atoms with Gasteiger partial charge in [-0.25, -0.2) is 0 Å². The lowest BCUT2D eigenvalue weighted by Crippen LogP contribution is -2.30. The molecule has 1 saturated heterocycles. The number of thiocarbonyl (C=S) groups is 1. The molecule has 2 fully saturated rings. The first-order valence-corrected chi connectivity index (χ1v) is 3.27. The van der Waals surface area contributed by atoms with Gasteiger partial charge in [0.05, 0.1) is 0 Å². The number of carbonyl (C=O) groups is 1. The average Bonchev–Trinajstić information content (AvgIpc) is 2.42. The number of hydrogen-bond acceptors (Lipinski definition) is 2. The first-order valence-electron chi connectivity index (χ1n) is 2.87. The van der Waals surface area contributed by atoms with E-state index in [9.17, 15) is 4.79 Å². The van der Waals surface area contributed by atoms with Crippen molar-refractivity contribution >= 4 is 23.2 Å². The molecule has 1 saturated carbocycles. The molecule has 1 aliphatic heterocycles. The number of rotatable bonds is 0. The Morgan fingerprint density at radius 2 is 2.22 bits per heavy atom. The van der Waals surface area contributed by atoms with Crippen LogP contribution in [0.5, 0.6) is 0 Å². The molecule has 4 heteroatoms. The topological polar surface area (TPSA) is 41.1 Å². The van der Waals surface area contributed by atoms with Crippen molar-refractivity contribution in [3.05, 3.63) is 0 Å². The van der Waals surface area contributed by atoms with E-state index in [2.05, 4.69) is 10.6 Å². The zero-order valence-electron chi connectivity index (χ0n) is 4.73. The van der Waals surface area contributed by atoms with Gasteiger partial charge >= 0.3 is 0 Å². The Kier molecular flexibility index (Phi) is 0.725. The van der Waals surface area contributed by atoms with E-state index in [1.54, 1.807) is 0 Å². The van der Waals surface area contributed by atoms with Crippen LogP contribution in [-0.4, -0.2) is 16.6 Å². The summed E-state index contributed by atoms with van der Waals surface area (Å²) in [5.74, 6) is 0.0486. The molecule has 0 aromatic carbocycles. The Bertz CT molecular complexity index is 197. The highest BCUT2D eigenvalue weighted by Gasteiger charge is 2.54. The van der Waals surface area contributed by atoms with Crippen molar-refractivity contribution in [1.29, 1.82) is 0 Å². The summed E-state index contributed by atoms with van der Waals surface area (Å²) >= 11 is 4.74. The highest BCUT2D eigenvalue weighted by molar-refractivity contribution is 7.80. The summed E-state index contributed by atoms with van der Waals surface area (Å²) in [6.45, 7) is 0. The predicted molar refractivity (Wildman–Crippen MR) is 35.8 cm³/mol. The van der Waals surface area contributed by atoms with Crippen molar-refractivity contribution in [1.82, 2.24) is 10.6 Å². The molecule has 0 aromatic rings. The quantitative estimate of drug-likeness (QED) is 0.449. The Balaban J connectivity index is 2.28. The van der Waals surface area contributed by atoms with Crippen molar-refractivity contribution in [2.24, 2.45) is 0 Å². The fraction of sp³-hybridized carbons (Fsp3) is 0.600. The van der Waals surface area contributed by atoms with Crippen LogP contribution in [0.4, 0.5) is 0 Å². The molecule has 9 heavy (non-hydrogen) atoms. The van der Waals surface area contributed by atoms with Crippen LogP contribution in [-0.2, 0) is 4.79 Å². The minimum atomic E-state index is -0.267. The lowest BCUT2D eigenvalue weighted by Gasteiger charge is -1.98. The maximum Gasteiger partial charge on any atom is 0.251 e. The van der Waals surface area contributed by atoms with Crippen LogP contribution in [0.25, 0.3) is 0 Å². The first kappa shape index (κ1) is 5.17. The van der Waals surface area contributed by atoms with E-state index in [1.807, 2.05) is 0 Å². The lowest BCUT2D eigenvalue weighted by molar-refractivity contribution is -0.120. The minimum Gasteiger partial charge on any atom is -0.348 e. The van der Waals surface area contributed by atoms with Crippen molar-refractivity contribution in [2.75, 3.05) is 0 Å². The van der Waals surface area contributed by atoms with Gasteiger partial charge in [0.1, 0.15) is 5.54 Å². The third kappa shape index (κ3) is 0.564. The van der Waals surface area contributed by atoms with Gasteiger partial charge in [-0.1, -0.05) is 0 Å². The molecule has 1 amide bonds. The molecule has 0 aromatic heterocycles. The standard InChI is InChI=1S/C5H6N2OS/c8-3-5(1-2-5)7-4(9)6-3/h1-2H2,(H2,6,7,8,9). The third-order valence-corrected chi connectivity index (χ3v) is 1.97. The van der Waals surface area contributed by atoms with E-state index in [-0.39, 0.29) is 11.4 Å². The van der Waals surface area contributed by atoms with Crippen molar-refractivity contribution in [2.45, 2.75) is 18.4 Å². The molecule has 2 N–H and O–H groups in total. The second-order valence-corrected chi connectivity index (χ2v) is 2.90. The zero-order chi connectivity index (χ0) is 6.48. The monoisotopic (exact) mass is 142 g/mol. The number of amides is 1. The highest BCUT2D eigenvalue weighted by atomic mass is 32.1. The van der Waals surface area contributed by atoms with Gasteiger partial charge in [-0.05, 0) is 25.1 Å². The Hall–Kier alpha value is -0.640. The average molecular weight is 142 g/mol. The van der Waals surface area contributed by atoms with Crippen molar-refractivity contribution in [3.63, 3.8) is 0 Å². The van der Waals surface area contributed by atoms with E-state index >= 15 is 0 Å². The molecular formula is C5H6N2OS. The number of carbonyl (C=O) groups excluding carboxylic acids is 1. The van der Waals surface area contributed by atoms with Crippen LogP contribution < -0.4 is 10.6 Å². The molecule has 0 bridgehead atoms. The molecule has 0 radical (unpaired) electrons. The Labute approximate surface area is 57.8 Å². The van der Waals surface area contributed by atoms with Crippen LogP contribution in [0.15, 0.2) is 0 Å². The van der Waals surface area contributed by atoms with Gasteiger partial charge in [0.15, 0.2) is 5.11 Å². The zero-order valence-corrected chi connectivity index (χ0v) is 5.55. The van der Waals surface area contributed by atoms with E-state index in [1.165, 1.54) is 0 Å². The smallest absolute Gasteiger partial charge is 0.251 e. The van der Waals surface area contributed by atoms with Crippen LogP contribution in [0.3, 0.4) is 0 Å². The van der Waals surface area contributed by atoms with E-state index in [4.69, 9.17) is 12.2 Å². The molecule has 2 aliphatic rings. The van der Waals surface area contributed by atoms with E-state index < -0.39 is 0 Å². The molecule has 2 rings (SSSR count). The SMILES string of the molecule is O=C1NC(=S)NC12CC2. The van der Waals surface area contributed by atoms with E-state index in [0.29, 0.717) is 5.11 Å². The summed E-state index contributed by atoms with van der Waals surface area (Å²) in [6.07, 6.45) is 1.86. The fourth-order valence-electron chi connectivity index (χ4n) is 1.01. The molecule has 0 atom stereocenters. The molecule has 1 aliphatic carbocycles. The van der Waals surface area contributed by atoms with Gasteiger partial charge in [0.2, 0.25) is 0 Å². The van der Waals surface area contributed by atoms with Gasteiger partial charge in [-0.2, -0.15) is 0 Å². The number of nitrogens with one attached hydrogen (secondary N) is 2. The highest BCUT2D eigenvalue weighted by Crippen LogP contribution is 2.37. The third-order valence-electron chi connectivity index (χ3n) is 1.76. The summed E-state index contributed by atoms with van der Waals surface area (Å²) in [6, 6.07) is 0. The van der Waals surface area contributed by atoms with Crippen LogP contribution >= 0.6 is 12.2 Å². The second kappa shape index (κ2) is 1.26. The fourth-order valence-corrected chi connectivity index (χ4v) is 1.29. The molecule has 0 unspecified atom stereocenters. The summed E-state index contributed by atoms with van der Waals surface area (Å²) in [7, 11) is 0. The van der Waals surface area contributed by atoms with Crippen LogP contribution in [0, 0.1) is 0 Å². The predicted octanol–water partition coefficient (Wildman–Crippen LogP) is -0.477.